The Balaban J connectivity index is 0.000000318. The Morgan fingerprint density at radius 1 is 0.341 bits per heavy atom. The van der Waals surface area contributed by atoms with E-state index in [1.165, 1.54) is 5.56 Å². The van der Waals surface area contributed by atoms with Crippen molar-refractivity contribution in [1.82, 2.24) is 0 Å². The lowest BCUT2D eigenvalue weighted by Crippen LogP contribution is -2.75. The summed E-state index contributed by atoms with van der Waals surface area (Å²) >= 11 is 6.11. The molecule has 0 atom stereocenters. The van der Waals surface area contributed by atoms with Gasteiger partial charge in [-0.15, -0.1) is 0 Å². The number of rotatable bonds is 8. The standard InChI is InChI=1S/C32H12BF24.C22H17ClNO/c34-25(35,36)13-1-14(26(37,38)39)6-21(5-13)33(22-7-15(27(40,41)42)2-16(8-22)28(43,44)45,23-9-17(29(46,47)48)3-18(10-23)30(49,50)51)24-11-19(31(52,53)54)4-20(12-24)32(55,56)57;23-19-10-6-11-20(15-19)25-22-21-12-5-4-9-18(21)13-14-24(22)16-17-7-2-1-3-8-17/h1-12H;1-15H,16H2/q-1;+1. The van der Waals surface area contributed by atoms with Crippen LogP contribution in [0.5, 0.6) is 11.6 Å². The van der Waals surface area contributed by atoms with Crippen molar-refractivity contribution < 1.29 is 115 Å². The molecule has 8 rings (SSSR count). The monoisotopic (exact) mass is 1210 g/mol. The first-order valence-corrected chi connectivity index (χ1v) is 23.2. The summed E-state index contributed by atoms with van der Waals surface area (Å²) in [6.45, 7) is 0.738. The van der Waals surface area contributed by atoms with Crippen molar-refractivity contribution in [3.8, 4) is 11.6 Å². The minimum absolute atomic E-state index is 0.660. The summed E-state index contributed by atoms with van der Waals surface area (Å²) in [5, 5.41) is 2.87. The van der Waals surface area contributed by atoms with E-state index in [0.29, 0.717) is 5.02 Å². The number of alkyl halides is 24. The normalized spacial score (nSPS) is 13.2. The summed E-state index contributed by atoms with van der Waals surface area (Å²) in [7, 11) is 0. The fraction of sp³-hybridized carbons (Fsp3) is 0.167. The molecule has 82 heavy (non-hydrogen) atoms. The molecule has 1 heterocycles. The first-order chi connectivity index (χ1) is 37.6. The quantitative estimate of drug-likeness (QED) is 0.0840. The van der Waals surface area contributed by atoms with Gasteiger partial charge in [0.15, 0.2) is 12.7 Å². The molecule has 0 aliphatic carbocycles. The summed E-state index contributed by atoms with van der Waals surface area (Å²) in [4.78, 5) is 0. The van der Waals surface area contributed by atoms with Crippen molar-refractivity contribution >= 4 is 50.4 Å². The van der Waals surface area contributed by atoms with Gasteiger partial charge in [0.1, 0.15) is 11.9 Å². The second-order valence-electron chi connectivity index (χ2n) is 18.1. The summed E-state index contributed by atoms with van der Waals surface area (Å²) in [5.74, 6) is 1.54. The molecule has 0 aliphatic rings. The van der Waals surface area contributed by atoms with Crippen LogP contribution in [0.2, 0.25) is 5.02 Å². The number of ether oxygens (including phenoxy) is 1. The highest BCUT2D eigenvalue weighted by Gasteiger charge is 2.47. The molecule has 0 N–H and O–H groups in total. The zero-order valence-electron chi connectivity index (χ0n) is 40.2. The molecule has 28 heteroatoms. The molecule has 0 saturated carbocycles. The summed E-state index contributed by atoms with van der Waals surface area (Å²) in [6, 6.07) is 19.4. The van der Waals surface area contributed by atoms with Crippen LogP contribution in [0.25, 0.3) is 10.8 Å². The van der Waals surface area contributed by atoms with Gasteiger partial charge in [-0.2, -0.15) is 132 Å². The lowest BCUT2D eigenvalue weighted by Gasteiger charge is -2.46. The zero-order valence-corrected chi connectivity index (χ0v) is 40.9. The SMILES string of the molecule is Clc1cccc(Oc2c3ccccc3cc[n+]2Cc2ccccc2)c1.FC(F)(F)c1cc([B-](c2cc(C(F)(F)F)cc(C(F)(F)F)c2)(c2cc(C(F)(F)F)cc(C(F)(F)F)c2)c2cc(C(F)(F)F)cc(C(F)(F)F)c2)cc(C(F)(F)F)c1. The Bertz CT molecular complexity index is 3180. The van der Waals surface area contributed by atoms with Crippen molar-refractivity contribution in [2.24, 2.45) is 0 Å². The van der Waals surface area contributed by atoms with Gasteiger partial charge in [0, 0.05) is 16.7 Å². The molecule has 0 saturated heterocycles. The molecule has 0 aliphatic heterocycles. The lowest BCUT2D eigenvalue weighted by molar-refractivity contribution is -0.691. The third kappa shape index (κ3) is 14.0. The molecular formula is C54H29BClF24NO. The molecule has 0 amide bonds. The van der Waals surface area contributed by atoms with Gasteiger partial charge in [0.05, 0.1) is 49.9 Å². The van der Waals surface area contributed by atoms with Crippen LogP contribution in [-0.2, 0) is 56.0 Å². The van der Waals surface area contributed by atoms with Gasteiger partial charge < -0.3 is 4.74 Å². The van der Waals surface area contributed by atoms with E-state index in [0.717, 1.165) is 28.9 Å². The van der Waals surface area contributed by atoms with E-state index in [-0.39, 0.29) is 0 Å². The lowest BCUT2D eigenvalue weighted by atomic mass is 9.12. The molecule has 8 aromatic rings. The largest absolute Gasteiger partial charge is 0.416 e. The average molecular weight is 1210 g/mol. The minimum atomic E-state index is -6.13. The predicted octanol–water partition coefficient (Wildman–Crippen LogP) is 16.8. The topological polar surface area (TPSA) is 13.1 Å². The van der Waals surface area contributed by atoms with Gasteiger partial charge in [0.2, 0.25) is 0 Å². The molecule has 0 spiro atoms. The first-order valence-electron chi connectivity index (χ1n) is 22.8. The minimum Gasteiger partial charge on any atom is -0.405 e. The van der Waals surface area contributed by atoms with Crippen LogP contribution in [0.15, 0.2) is 164 Å². The van der Waals surface area contributed by atoms with Crippen molar-refractivity contribution in [2.75, 3.05) is 0 Å². The molecular weight excluding hydrogens is 1180 g/mol. The Morgan fingerprint density at radius 2 is 0.659 bits per heavy atom. The van der Waals surface area contributed by atoms with Gasteiger partial charge in [0.25, 0.3) is 0 Å². The molecule has 434 valence electrons. The number of hydrogen-bond acceptors (Lipinski definition) is 1. The molecule has 1 aromatic heterocycles. The molecule has 7 aromatic carbocycles. The molecule has 0 radical (unpaired) electrons. The average Bonchev–Trinajstić information content (AvgIpc) is 1.20. The fourth-order valence-corrected chi connectivity index (χ4v) is 9.14. The third-order valence-corrected chi connectivity index (χ3v) is 12.8. The second-order valence-corrected chi connectivity index (χ2v) is 18.5. The van der Waals surface area contributed by atoms with E-state index in [1.54, 1.807) is 0 Å². The van der Waals surface area contributed by atoms with Crippen LogP contribution in [0.1, 0.15) is 50.1 Å². The molecule has 0 fully saturated rings. The van der Waals surface area contributed by atoms with E-state index in [2.05, 4.69) is 53.2 Å². The number of benzene rings is 7. The second kappa shape index (κ2) is 22.0. The summed E-state index contributed by atoms with van der Waals surface area (Å²) in [6.07, 6.45) is -52.7. The highest BCUT2D eigenvalue weighted by atomic mass is 35.5. The third-order valence-electron chi connectivity index (χ3n) is 12.5. The fourth-order valence-electron chi connectivity index (χ4n) is 8.96. The Morgan fingerprint density at radius 3 is 0.976 bits per heavy atom. The first kappa shape index (κ1) is 62.0. The Labute approximate surface area is 450 Å². The van der Waals surface area contributed by atoms with Crippen molar-refractivity contribution in [2.45, 2.75) is 56.0 Å². The van der Waals surface area contributed by atoms with Crippen LogP contribution in [-0.4, -0.2) is 6.15 Å². The summed E-state index contributed by atoms with van der Waals surface area (Å²) < 4.78 is 349. The van der Waals surface area contributed by atoms with Gasteiger partial charge in [-0.05, 0) is 53.9 Å². The van der Waals surface area contributed by atoms with Crippen molar-refractivity contribution in [1.29, 1.82) is 0 Å². The van der Waals surface area contributed by atoms with E-state index in [9.17, 15) is 105 Å². The molecule has 0 bridgehead atoms. The van der Waals surface area contributed by atoms with Gasteiger partial charge in [-0.25, -0.2) is 0 Å². The predicted molar refractivity (Wildman–Crippen MR) is 251 cm³/mol. The van der Waals surface area contributed by atoms with Crippen LogP contribution in [0.4, 0.5) is 105 Å². The maximum Gasteiger partial charge on any atom is 0.416 e. The Hall–Kier alpha value is -7.58. The summed E-state index contributed by atoms with van der Waals surface area (Å²) in [5.41, 5.74) is -29.0. The number of pyridine rings is 1. The highest BCUT2D eigenvalue weighted by Crippen LogP contribution is 2.42. The van der Waals surface area contributed by atoms with Gasteiger partial charge in [-0.1, -0.05) is 115 Å². The van der Waals surface area contributed by atoms with E-state index >= 15 is 0 Å². The van der Waals surface area contributed by atoms with Gasteiger partial charge >= 0.3 is 55.3 Å². The van der Waals surface area contributed by atoms with Crippen LogP contribution < -0.4 is 31.2 Å². The van der Waals surface area contributed by atoms with E-state index in [4.69, 9.17) is 16.3 Å². The number of fused-ring (bicyclic) bond motifs is 1. The maximum atomic E-state index is 14.2. The molecule has 2 nitrogen and oxygen atoms in total. The van der Waals surface area contributed by atoms with E-state index in [1.807, 2.05) is 42.5 Å². The van der Waals surface area contributed by atoms with Crippen LogP contribution in [0, 0.1) is 0 Å². The van der Waals surface area contributed by atoms with Crippen molar-refractivity contribution in [3.05, 3.63) is 219 Å². The Kier molecular flexibility index (Phi) is 16.6. The smallest absolute Gasteiger partial charge is 0.405 e. The van der Waals surface area contributed by atoms with Crippen molar-refractivity contribution in [3.63, 3.8) is 0 Å². The zero-order chi connectivity index (χ0) is 61.0. The number of aromatic nitrogens is 1. The van der Waals surface area contributed by atoms with Crippen LogP contribution >= 0.6 is 11.6 Å². The van der Waals surface area contributed by atoms with Gasteiger partial charge in [-0.3, -0.25) is 0 Å². The highest BCUT2D eigenvalue weighted by molar-refractivity contribution is 7.20. The molecule has 0 unspecified atom stereocenters. The maximum absolute atomic E-state index is 14.2. The number of nitrogens with zero attached hydrogens (tertiary/aromatic N) is 1. The van der Waals surface area contributed by atoms with E-state index < -0.39 is 195 Å². The number of halogens is 25. The number of hydrogen-bond donors (Lipinski definition) is 0. The van der Waals surface area contributed by atoms with Crippen LogP contribution in [0.3, 0.4) is 0 Å².